The van der Waals surface area contributed by atoms with E-state index in [4.69, 9.17) is 14.2 Å². The van der Waals surface area contributed by atoms with Crippen LogP contribution in [-0.2, 0) is 9.47 Å². The normalized spacial score (nSPS) is 19.1. The predicted octanol–water partition coefficient (Wildman–Crippen LogP) is 2.52. The molecule has 2 fully saturated rings. The molecule has 0 aromatic carbocycles. The van der Waals surface area contributed by atoms with Crippen molar-refractivity contribution in [3.05, 3.63) is 35.6 Å². The van der Waals surface area contributed by atoms with Gasteiger partial charge in [0, 0.05) is 44.3 Å². The predicted molar refractivity (Wildman–Crippen MR) is 128 cm³/mol. The third-order valence-electron chi connectivity index (χ3n) is 5.47. The van der Waals surface area contributed by atoms with Gasteiger partial charge in [-0.1, -0.05) is 0 Å². The molecule has 34 heavy (non-hydrogen) atoms. The Balaban J connectivity index is 1.48. The van der Waals surface area contributed by atoms with Crippen LogP contribution >= 0.6 is 11.3 Å². The fraction of sp³-hybridized carbons (Fsp3) is 0.565. The average Bonchev–Trinajstić information content (AvgIpc) is 3.32. The zero-order valence-corrected chi connectivity index (χ0v) is 20.6. The van der Waals surface area contributed by atoms with Crippen LogP contribution in [0.3, 0.4) is 0 Å². The monoisotopic (exact) mass is 489 g/mol. The number of pyridine rings is 1. The maximum absolute atomic E-state index is 12.9. The van der Waals surface area contributed by atoms with Gasteiger partial charge in [0.1, 0.15) is 23.7 Å². The topological polar surface area (TPSA) is 97.3 Å². The van der Waals surface area contributed by atoms with Gasteiger partial charge in [-0.2, -0.15) is 0 Å². The van der Waals surface area contributed by atoms with Gasteiger partial charge in [-0.3, -0.25) is 9.78 Å². The lowest BCUT2D eigenvalue weighted by Gasteiger charge is -2.41. The molecule has 2 saturated heterocycles. The molecule has 2 amide bonds. The van der Waals surface area contributed by atoms with Crippen LogP contribution in [0.25, 0.3) is 0 Å². The quantitative estimate of drug-likeness (QED) is 0.632. The first kappa shape index (κ1) is 24.2. The summed E-state index contributed by atoms with van der Waals surface area (Å²) in [6.45, 7) is 9.59. The number of nitrogens with zero attached hydrogens (tertiary/aromatic N) is 5. The van der Waals surface area contributed by atoms with E-state index >= 15 is 0 Å². The molecule has 1 atom stereocenters. The molecule has 0 bridgehead atoms. The molecule has 184 valence electrons. The number of thiazole rings is 1. The molecule has 0 N–H and O–H groups in total. The SMILES string of the molecule is CC(C)(C)OC(=O)N1CCN(c2nc(C(=O)N3CCOCC3)cs2)C(COc2cccnc2)C1. The number of carbonyl (C=O) groups is 2. The first-order valence-electron chi connectivity index (χ1n) is 11.4. The number of hydrogen-bond acceptors (Lipinski definition) is 9. The minimum absolute atomic E-state index is 0.0821. The lowest BCUT2D eigenvalue weighted by Crippen LogP contribution is -2.57. The number of ether oxygens (including phenoxy) is 3. The molecule has 4 rings (SSSR count). The molecule has 0 spiro atoms. The van der Waals surface area contributed by atoms with Crippen LogP contribution in [0, 0.1) is 0 Å². The van der Waals surface area contributed by atoms with Gasteiger partial charge in [0.25, 0.3) is 5.91 Å². The van der Waals surface area contributed by atoms with Crippen LogP contribution in [0.1, 0.15) is 31.3 Å². The summed E-state index contributed by atoms with van der Waals surface area (Å²) in [5.41, 5.74) is -0.136. The molecule has 0 saturated carbocycles. The number of rotatable bonds is 5. The second-order valence-electron chi connectivity index (χ2n) is 9.19. The Bertz CT molecular complexity index is 974. The van der Waals surface area contributed by atoms with Crippen molar-refractivity contribution in [1.82, 2.24) is 19.8 Å². The minimum Gasteiger partial charge on any atom is -0.490 e. The molecular weight excluding hydrogens is 458 g/mol. The fourth-order valence-electron chi connectivity index (χ4n) is 3.79. The van der Waals surface area contributed by atoms with Crippen molar-refractivity contribution >= 4 is 28.5 Å². The Morgan fingerprint density at radius 1 is 1.18 bits per heavy atom. The fourth-order valence-corrected chi connectivity index (χ4v) is 4.69. The third-order valence-corrected chi connectivity index (χ3v) is 6.34. The highest BCUT2D eigenvalue weighted by Gasteiger charge is 2.34. The van der Waals surface area contributed by atoms with Gasteiger partial charge in [-0.05, 0) is 32.9 Å². The second-order valence-corrected chi connectivity index (χ2v) is 10.0. The summed E-state index contributed by atoms with van der Waals surface area (Å²) in [7, 11) is 0. The smallest absolute Gasteiger partial charge is 0.410 e. The molecular formula is C23H31N5O5S. The van der Waals surface area contributed by atoms with Gasteiger partial charge in [0.05, 0.1) is 25.5 Å². The first-order chi connectivity index (χ1) is 16.3. The zero-order valence-electron chi connectivity index (χ0n) is 19.8. The van der Waals surface area contributed by atoms with Crippen molar-refractivity contribution in [3.8, 4) is 5.75 Å². The molecule has 2 aliphatic rings. The summed E-state index contributed by atoms with van der Waals surface area (Å²) in [5, 5.41) is 2.53. The van der Waals surface area contributed by atoms with Crippen molar-refractivity contribution in [2.75, 3.05) is 57.4 Å². The number of hydrogen-bond donors (Lipinski definition) is 0. The van der Waals surface area contributed by atoms with Crippen molar-refractivity contribution in [2.24, 2.45) is 0 Å². The third kappa shape index (κ3) is 6.15. The number of morpholine rings is 1. The van der Waals surface area contributed by atoms with Gasteiger partial charge in [-0.15, -0.1) is 11.3 Å². The molecule has 2 aromatic heterocycles. The largest absolute Gasteiger partial charge is 0.490 e. The van der Waals surface area contributed by atoms with E-state index in [0.717, 1.165) is 5.13 Å². The molecule has 0 radical (unpaired) electrons. The Morgan fingerprint density at radius 2 is 1.97 bits per heavy atom. The summed E-state index contributed by atoms with van der Waals surface area (Å²) < 4.78 is 16.9. The second kappa shape index (κ2) is 10.6. The maximum Gasteiger partial charge on any atom is 0.410 e. The van der Waals surface area contributed by atoms with E-state index in [2.05, 4.69) is 14.9 Å². The number of carbonyl (C=O) groups excluding carboxylic acids is 2. The highest BCUT2D eigenvalue weighted by Crippen LogP contribution is 2.27. The maximum atomic E-state index is 12.9. The number of anilines is 1. The van der Waals surface area contributed by atoms with E-state index in [1.807, 2.05) is 32.9 Å². The van der Waals surface area contributed by atoms with Crippen LogP contribution < -0.4 is 9.64 Å². The zero-order chi connectivity index (χ0) is 24.1. The van der Waals surface area contributed by atoms with Crippen molar-refractivity contribution in [1.29, 1.82) is 0 Å². The standard InChI is InChI=1S/C23H31N5O5S/c1-23(2,3)33-22(30)27-7-8-28(17(14-27)15-32-18-5-4-6-24-13-18)21-25-19(16-34-21)20(29)26-9-11-31-12-10-26/h4-6,13,16-17H,7-12,14-15H2,1-3H3. The van der Waals surface area contributed by atoms with E-state index in [1.54, 1.807) is 27.6 Å². The van der Waals surface area contributed by atoms with E-state index in [1.165, 1.54) is 11.3 Å². The van der Waals surface area contributed by atoms with Crippen LogP contribution in [0.15, 0.2) is 29.9 Å². The van der Waals surface area contributed by atoms with Crippen LogP contribution in [-0.4, -0.2) is 96.0 Å². The van der Waals surface area contributed by atoms with E-state index in [0.29, 0.717) is 64.0 Å². The summed E-state index contributed by atoms with van der Waals surface area (Å²) in [5.74, 6) is 0.570. The lowest BCUT2D eigenvalue weighted by molar-refractivity contribution is 0.0201. The Morgan fingerprint density at radius 3 is 2.68 bits per heavy atom. The first-order valence-corrected chi connectivity index (χ1v) is 12.3. The Kier molecular flexibility index (Phi) is 7.52. The van der Waals surface area contributed by atoms with Crippen molar-refractivity contribution < 1.29 is 23.8 Å². The molecule has 10 nitrogen and oxygen atoms in total. The molecule has 11 heteroatoms. The van der Waals surface area contributed by atoms with E-state index in [-0.39, 0.29) is 18.0 Å². The van der Waals surface area contributed by atoms with Gasteiger partial charge in [0.15, 0.2) is 5.13 Å². The molecule has 2 aromatic rings. The van der Waals surface area contributed by atoms with Gasteiger partial charge < -0.3 is 28.9 Å². The number of piperazine rings is 1. The van der Waals surface area contributed by atoms with Gasteiger partial charge in [0.2, 0.25) is 0 Å². The summed E-state index contributed by atoms with van der Waals surface area (Å²) >= 11 is 1.43. The van der Waals surface area contributed by atoms with Crippen molar-refractivity contribution in [3.63, 3.8) is 0 Å². The minimum atomic E-state index is -0.569. The lowest BCUT2D eigenvalue weighted by atomic mass is 10.2. The average molecular weight is 490 g/mol. The Hall–Kier alpha value is -2.92. The van der Waals surface area contributed by atoms with Crippen molar-refractivity contribution in [2.45, 2.75) is 32.4 Å². The summed E-state index contributed by atoms with van der Waals surface area (Å²) in [4.78, 5) is 39.9. The van der Waals surface area contributed by atoms with E-state index < -0.39 is 5.60 Å². The summed E-state index contributed by atoms with van der Waals surface area (Å²) in [6, 6.07) is 3.48. The van der Waals surface area contributed by atoms with Crippen LogP contribution in [0.2, 0.25) is 0 Å². The summed E-state index contributed by atoms with van der Waals surface area (Å²) in [6.07, 6.45) is 2.99. The molecule has 4 heterocycles. The highest BCUT2D eigenvalue weighted by molar-refractivity contribution is 7.14. The highest BCUT2D eigenvalue weighted by atomic mass is 32.1. The molecule has 2 aliphatic heterocycles. The Labute approximate surface area is 203 Å². The molecule has 0 aliphatic carbocycles. The van der Waals surface area contributed by atoms with Crippen LogP contribution in [0.4, 0.5) is 9.93 Å². The van der Waals surface area contributed by atoms with E-state index in [9.17, 15) is 9.59 Å². The molecule has 1 unspecified atom stereocenters. The number of aromatic nitrogens is 2. The van der Waals surface area contributed by atoms with Crippen LogP contribution in [0.5, 0.6) is 5.75 Å². The number of amides is 2. The van der Waals surface area contributed by atoms with Gasteiger partial charge in [-0.25, -0.2) is 9.78 Å². The van der Waals surface area contributed by atoms with Gasteiger partial charge >= 0.3 is 6.09 Å².